The molecular weight excluding hydrogens is 465 g/mol. The van der Waals surface area contributed by atoms with Crippen LogP contribution in [0, 0.1) is 5.82 Å². The average molecular weight is 500 g/mol. The predicted octanol–water partition coefficient (Wildman–Crippen LogP) is 5.37. The maximum Gasteiger partial charge on any atom is 0.253 e. The zero-order valence-electron chi connectivity index (χ0n) is 21.4. The van der Waals surface area contributed by atoms with Gasteiger partial charge in [0.05, 0.1) is 0 Å². The molecule has 6 heteroatoms. The lowest BCUT2D eigenvalue weighted by Crippen LogP contribution is -2.48. The highest BCUT2D eigenvalue weighted by Crippen LogP contribution is 2.29. The molecule has 5 nitrogen and oxygen atoms in total. The number of carbonyl (C=O) groups is 2. The topological polar surface area (TPSA) is 43.9 Å². The number of amides is 2. The van der Waals surface area contributed by atoms with E-state index in [2.05, 4.69) is 17.9 Å². The van der Waals surface area contributed by atoms with E-state index in [-0.39, 0.29) is 23.5 Å². The third kappa shape index (κ3) is 5.68. The maximum absolute atomic E-state index is 13.3. The van der Waals surface area contributed by atoms with Crippen LogP contribution in [-0.4, -0.2) is 60.9 Å². The predicted molar refractivity (Wildman–Crippen MR) is 145 cm³/mol. The molecule has 2 saturated heterocycles. The van der Waals surface area contributed by atoms with Crippen LogP contribution in [0.25, 0.3) is 0 Å². The van der Waals surface area contributed by atoms with Crippen molar-refractivity contribution in [1.29, 1.82) is 0 Å². The first kappa shape index (κ1) is 25.0. The summed E-state index contributed by atoms with van der Waals surface area (Å²) in [6.07, 6.45) is 2.92. The summed E-state index contributed by atoms with van der Waals surface area (Å²) in [4.78, 5) is 32.5. The van der Waals surface area contributed by atoms with Gasteiger partial charge in [0, 0.05) is 62.0 Å². The van der Waals surface area contributed by atoms with Crippen LogP contribution in [0.5, 0.6) is 0 Å². The highest BCUT2D eigenvalue weighted by atomic mass is 19.1. The van der Waals surface area contributed by atoms with Crippen molar-refractivity contribution in [2.45, 2.75) is 32.1 Å². The smallest absolute Gasteiger partial charge is 0.253 e. The van der Waals surface area contributed by atoms with Gasteiger partial charge < -0.3 is 14.7 Å². The number of benzene rings is 3. The Balaban J connectivity index is 1.22. The summed E-state index contributed by atoms with van der Waals surface area (Å²) in [6, 6.07) is 22.4. The van der Waals surface area contributed by atoms with E-state index in [1.165, 1.54) is 17.7 Å². The Morgan fingerprint density at radius 1 is 0.811 bits per heavy atom. The van der Waals surface area contributed by atoms with Crippen LogP contribution in [0.2, 0.25) is 0 Å². The molecule has 0 aromatic heterocycles. The van der Waals surface area contributed by atoms with E-state index in [1.54, 1.807) is 12.1 Å². The number of hydrogen-bond donors (Lipinski definition) is 0. The summed E-state index contributed by atoms with van der Waals surface area (Å²) in [5.74, 6) is 0.100. The SMILES string of the molecule is CCc1ccc(C(=O)N2CCC[C@H](c3cccc(C(=O)N4CCN(c5ccc(F)cc5)CC4)c3)C2)cc1. The molecule has 0 bridgehead atoms. The van der Waals surface area contributed by atoms with E-state index in [0.29, 0.717) is 25.2 Å². The summed E-state index contributed by atoms with van der Waals surface area (Å²) in [5, 5.41) is 0. The minimum atomic E-state index is -0.242. The fourth-order valence-electron chi connectivity index (χ4n) is 5.43. The third-order valence-corrected chi connectivity index (χ3v) is 7.68. The Morgan fingerprint density at radius 2 is 1.51 bits per heavy atom. The Bertz CT molecular complexity index is 1230. The molecule has 3 aromatic carbocycles. The van der Waals surface area contributed by atoms with Gasteiger partial charge >= 0.3 is 0 Å². The van der Waals surface area contributed by atoms with Crippen molar-refractivity contribution in [3.63, 3.8) is 0 Å². The third-order valence-electron chi connectivity index (χ3n) is 7.68. The summed E-state index contributed by atoms with van der Waals surface area (Å²) in [5.41, 5.74) is 4.77. The van der Waals surface area contributed by atoms with Crippen molar-refractivity contribution < 1.29 is 14.0 Å². The van der Waals surface area contributed by atoms with Gasteiger partial charge in [-0.2, -0.15) is 0 Å². The monoisotopic (exact) mass is 499 g/mol. The molecule has 3 aromatic rings. The molecule has 1 atom stereocenters. The fraction of sp³-hybridized carbons (Fsp3) is 0.355. The summed E-state index contributed by atoms with van der Waals surface area (Å²) < 4.78 is 13.3. The molecule has 2 heterocycles. The second kappa shape index (κ2) is 11.2. The lowest BCUT2D eigenvalue weighted by molar-refractivity contribution is 0.0704. The Morgan fingerprint density at radius 3 is 2.22 bits per heavy atom. The van der Waals surface area contributed by atoms with Crippen LogP contribution in [0.3, 0.4) is 0 Å². The van der Waals surface area contributed by atoms with Gasteiger partial charge in [0.1, 0.15) is 5.82 Å². The highest BCUT2D eigenvalue weighted by molar-refractivity contribution is 5.95. The number of aryl methyl sites for hydroxylation is 1. The van der Waals surface area contributed by atoms with Gasteiger partial charge in [0.25, 0.3) is 11.8 Å². The molecule has 5 rings (SSSR count). The summed E-state index contributed by atoms with van der Waals surface area (Å²) in [7, 11) is 0. The van der Waals surface area contributed by atoms with Crippen LogP contribution in [-0.2, 0) is 6.42 Å². The van der Waals surface area contributed by atoms with Crippen LogP contribution in [0.15, 0.2) is 72.8 Å². The van der Waals surface area contributed by atoms with E-state index >= 15 is 0 Å². The van der Waals surface area contributed by atoms with Crippen molar-refractivity contribution in [1.82, 2.24) is 9.80 Å². The normalized spacial score (nSPS) is 18.1. The number of rotatable bonds is 5. The minimum Gasteiger partial charge on any atom is -0.368 e. The average Bonchev–Trinajstić information content (AvgIpc) is 2.97. The number of carbonyl (C=O) groups excluding carboxylic acids is 2. The van der Waals surface area contributed by atoms with E-state index in [4.69, 9.17) is 0 Å². The Hall–Kier alpha value is -3.67. The number of hydrogen-bond acceptors (Lipinski definition) is 3. The van der Waals surface area contributed by atoms with Crippen LogP contribution in [0.1, 0.15) is 57.5 Å². The van der Waals surface area contributed by atoms with E-state index in [0.717, 1.165) is 55.7 Å². The Kier molecular flexibility index (Phi) is 7.54. The number of piperidine rings is 1. The zero-order valence-corrected chi connectivity index (χ0v) is 21.4. The van der Waals surface area contributed by atoms with Gasteiger partial charge in [-0.15, -0.1) is 0 Å². The molecule has 0 spiro atoms. The molecule has 0 radical (unpaired) electrons. The lowest BCUT2D eigenvalue weighted by Gasteiger charge is -2.36. The van der Waals surface area contributed by atoms with E-state index < -0.39 is 0 Å². The van der Waals surface area contributed by atoms with Crippen LogP contribution >= 0.6 is 0 Å². The van der Waals surface area contributed by atoms with Gasteiger partial charge in [0.15, 0.2) is 0 Å². The summed E-state index contributed by atoms with van der Waals surface area (Å²) >= 11 is 0. The first-order valence-corrected chi connectivity index (χ1v) is 13.3. The van der Waals surface area contributed by atoms with Gasteiger partial charge in [-0.05, 0) is 78.9 Å². The first-order chi connectivity index (χ1) is 18.0. The van der Waals surface area contributed by atoms with Crippen molar-refractivity contribution in [3.8, 4) is 0 Å². The number of piperazine rings is 1. The Labute approximate surface area is 218 Å². The molecule has 0 unspecified atom stereocenters. The van der Waals surface area contributed by atoms with Gasteiger partial charge in [0.2, 0.25) is 0 Å². The molecule has 2 aliphatic heterocycles. The standard InChI is InChI=1S/C31H34FN3O2/c1-2-23-8-10-24(11-9-23)30(36)35-16-4-7-27(22-35)25-5-3-6-26(21-25)31(37)34-19-17-33(18-20-34)29-14-12-28(32)13-15-29/h3,5-6,8-15,21,27H,2,4,7,16-20,22H2,1H3/t27-/m0/s1. The lowest BCUT2D eigenvalue weighted by atomic mass is 9.89. The van der Waals surface area contributed by atoms with Crippen molar-refractivity contribution in [2.24, 2.45) is 0 Å². The molecule has 2 fully saturated rings. The van der Waals surface area contributed by atoms with Crippen molar-refractivity contribution in [2.75, 3.05) is 44.2 Å². The first-order valence-electron chi connectivity index (χ1n) is 13.3. The second-order valence-electron chi connectivity index (χ2n) is 10.0. The van der Waals surface area contributed by atoms with Crippen LogP contribution in [0.4, 0.5) is 10.1 Å². The molecule has 192 valence electrons. The molecule has 0 saturated carbocycles. The maximum atomic E-state index is 13.3. The molecule has 2 amide bonds. The van der Waals surface area contributed by atoms with Gasteiger partial charge in [-0.3, -0.25) is 9.59 Å². The van der Waals surface area contributed by atoms with Crippen molar-refractivity contribution >= 4 is 17.5 Å². The number of likely N-dealkylation sites (tertiary alicyclic amines) is 1. The van der Waals surface area contributed by atoms with Gasteiger partial charge in [-0.1, -0.05) is 31.2 Å². The van der Waals surface area contributed by atoms with Crippen LogP contribution < -0.4 is 4.90 Å². The van der Waals surface area contributed by atoms with Crippen molar-refractivity contribution in [3.05, 3.63) is 101 Å². The number of halogens is 1. The fourth-order valence-corrected chi connectivity index (χ4v) is 5.43. The molecule has 0 N–H and O–H groups in total. The zero-order chi connectivity index (χ0) is 25.8. The van der Waals surface area contributed by atoms with E-state index in [9.17, 15) is 14.0 Å². The second-order valence-corrected chi connectivity index (χ2v) is 10.0. The number of anilines is 1. The quantitative estimate of drug-likeness (QED) is 0.474. The molecule has 0 aliphatic carbocycles. The highest BCUT2D eigenvalue weighted by Gasteiger charge is 2.27. The molecule has 2 aliphatic rings. The van der Waals surface area contributed by atoms with Gasteiger partial charge in [-0.25, -0.2) is 4.39 Å². The summed E-state index contributed by atoms with van der Waals surface area (Å²) in [6.45, 7) is 6.24. The number of nitrogens with zero attached hydrogens (tertiary/aromatic N) is 3. The molecule has 37 heavy (non-hydrogen) atoms. The molecular formula is C31H34FN3O2. The minimum absolute atomic E-state index is 0.0420. The largest absolute Gasteiger partial charge is 0.368 e. The van der Waals surface area contributed by atoms with E-state index in [1.807, 2.05) is 52.3 Å².